The third-order valence-electron chi connectivity index (χ3n) is 6.09. The molecule has 2 aliphatic rings. The summed E-state index contributed by atoms with van der Waals surface area (Å²) in [5.74, 6) is 1.43. The molecular weight excluding hydrogens is 350 g/mol. The molecule has 1 aliphatic carbocycles. The number of pyridine rings is 1. The first-order valence-corrected chi connectivity index (χ1v) is 9.91. The van der Waals surface area contributed by atoms with E-state index in [-0.39, 0.29) is 5.78 Å². The van der Waals surface area contributed by atoms with E-state index in [2.05, 4.69) is 23.1 Å². The lowest BCUT2D eigenvalue weighted by Gasteiger charge is -2.34. The zero-order valence-electron chi connectivity index (χ0n) is 16.2. The SMILES string of the molecule is Cc1cccc(C2=C(c3ccc4ncnn4c3)OC3(CCC(C)CC3)C2=O)c1. The largest absolute Gasteiger partial charge is 0.478 e. The lowest BCUT2D eigenvalue weighted by atomic mass is 9.75. The first-order valence-electron chi connectivity index (χ1n) is 9.91. The Morgan fingerprint density at radius 1 is 1.14 bits per heavy atom. The Bertz CT molecular complexity index is 1100. The van der Waals surface area contributed by atoms with Crippen molar-refractivity contribution >= 4 is 22.8 Å². The molecular formula is C23H23N3O2. The van der Waals surface area contributed by atoms with E-state index in [1.165, 1.54) is 6.33 Å². The molecule has 2 aromatic heterocycles. The fourth-order valence-corrected chi connectivity index (χ4v) is 4.40. The number of Topliss-reactive ketones (excluding diaryl/α,β-unsaturated/α-hetero) is 1. The van der Waals surface area contributed by atoms with Crippen LogP contribution in [0.1, 0.15) is 49.3 Å². The summed E-state index contributed by atoms with van der Waals surface area (Å²) in [6.45, 7) is 4.30. The zero-order chi connectivity index (χ0) is 19.3. The Balaban J connectivity index is 1.67. The normalized spacial score (nSPS) is 24.9. The molecule has 3 heterocycles. The van der Waals surface area contributed by atoms with Crippen LogP contribution < -0.4 is 0 Å². The molecule has 28 heavy (non-hydrogen) atoms. The highest BCUT2D eigenvalue weighted by Gasteiger charge is 2.51. The Kier molecular flexibility index (Phi) is 3.86. The monoisotopic (exact) mass is 373 g/mol. The van der Waals surface area contributed by atoms with Gasteiger partial charge in [0.1, 0.15) is 12.1 Å². The molecule has 1 fully saturated rings. The number of carbonyl (C=O) groups is 1. The van der Waals surface area contributed by atoms with Crippen LogP contribution in [-0.2, 0) is 9.53 Å². The maximum absolute atomic E-state index is 13.7. The number of aryl methyl sites for hydroxylation is 1. The molecule has 5 heteroatoms. The van der Waals surface area contributed by atoms with Crippen molar-refractivity contribution in [2.75, 3.05) is 0 Å². The van der Waals surface area contributed by atoms with Crippen molar-refractivity contribution in [3.8, 4) is 0 Å². The Hall–Kier alpha value is -2.95. The molecule has 1 aromatic carbocycles. The molecule has 0 atom stereocenters. The van der Waals surface area contributed by atoms with Crippen molar-refractivity contribution in [1.82, 2.24) is 14.6 Å². The molecule has 1 aliphatic heterocycles. The maximum Gasteiger partial charge on any atom is 0.210 e. The van der Waals surface area contributed by atoms with E-state index in [0.717, 1.165) is 48.0 Å². The smallest absolute Gasteiger partial charge is 0.210 e. The second-order valence-corrected chi connectivity index (χ2v) is 8.16. The Morgan fingerprint density at radius 3 is 2.75 bits per heavy atom. The lowest BCUT2D eigenvalue weighted by Crippen LogP contribution is -2.40. The minimum absolute atomic E-state index is 0.124. The average molecular weight is 373 g/mol. The van der Waals surface area contributed by atoms with Crippen LogP contribution in [-0.4, -0.2) is 26.0 Å². The molecule has 1 saturated carbocycles. The third-order valence-corrected chi connectivity index (χ3v) is 6.09. The first-order chi connectivity index (χ1) is 13.6. The maximum atomic E-state index is 13.7. The fourth-order valence-electron chi connectivity index (χ4n) is 4.40. The van der Waals surface area contributed by atoms with Gasteiger partial charge in [-0.05, 0) is 56.2 Å². The van der Waals surface area contributed by atoms with Gasteiger partial charge in [-0.2, -0.15) is 5.10 Å². The van der Waals surface area contributed by atoms with Crippen molar-refractivity contribution in [1.29, 1.82) is 0 Å². The van der Waals surface area contributed by atoms with E-state index in [1.54, 1.807) is 4.52 Å². The van der Waals surface area contributed by atoms with Crippen LogP contribution in [0, 0.1) is 12.8 Å². The number of rotatable bonds is 2. The van der Waals surface area contributed by atoms with Crippen LogP contribution in [0.25, 0.3) is 17.0 Å². The van der Waals surface area contributed by atoms with E-state index in [1.807, 2.05) is 43.5 Å². The second kappa shape index (κ2) is 6.30. The number of aromatic nitrogens is 3. The van der Waals surface area contributed by atoms with E-state index in [9.17, 15) is 4.79 Å². The van der Waals surface area contributed by atoms with Gasteiger partial charge in [-0.15, -0.1) is 0 Å². The quantitative estimate of drug-likeness (QED) is 0.666. The van der Waals surface area contributed by atoms with Gasteiger partial charge < -0.3 is 4.74 Å². The number of hydrogen-bond acceptors (Lipinski definition) is 4. The van der Waals surface area contributed by atoms with Crippen LogP contribution in [0.4, 0.5) is 0 Å². The van der Waals surface area contributed by atoms with E-state index in [4.69, 9.17) is 4.74 Å². The molecule has 0 unspecified atom stereocenters. The predicted octanol–water partition coefficient (Wildman–Crippen LogP) is 4.45. The summed E-state index contributed by atoms with van der Waals surface area (Å²) < 4.78 is 8.26. The molecule has 1 spiro atoms. The number of ether oxygens (including phenoxy) is 1. The lowest BCUT2D eigenvalue weighted by molar-refractivity contribution is -0.131. The summed E-state index contributed by atoms with van der Waals surface area (Å²) in [7, 11) is 0. The first kappa shape index (κ1) is 17.2. The highest BCUT2D eigenvalue weighted by Crippen LogP contribution is 2.48. The molecule has 0 saturated heterocycles. The zero-order valence-corrected chi connectivity index (χ0v) is 16.2. The molecule has 0 amide bonds. The van der Waals surface area contributed by atoms with Crippen LogP contribution in [0.2, 0.25) is 0 Å². The summed E-state index contributed by atoms with van der Waals surface area (Å²) in [5.41, 5.74) is 3.65. The Labute approximate surface area is 164 Å². The summed E-state index contributed by atoms with van der Waals surface area (Å²) >= 11 is 0. The van der Waals surface area contributed by atoms with Gasteiger partial charge in [0.25, 0.3) is 0 Å². The van der Waals surface area contributed by atoms with Gasteiger partial charge in [0, 0.05) is 11.8 Å². The average Bonchev–Trinajstić information content (AvgIpc) is 3.27. The van der Waals surface area contributed by atoms with E-state index < -0.39 is 5.60 Å². The summed E-state index contributed by atoms with van der Waals surface area (Å²) in [6.07, 6.45) is 7.00. The van der Waals surface area contributed by atoms with Gasteiger partial charge in [-0.3, -0.25) is 4.79 Å². The van der Waals surface area contributed by atoms with Crippen LogP contribution >= 0.6 is 0 Å². The van der Waals surface area contributed by atoms with Crippen LogP contribution in [0.3, 0.4) is 0 Å². The van der Waals surface area contributed by atoms with Crippen molar-refractivity contribution < 1.29 is 9.53 Å². The van der Waals surface area contributed by atoms with Crippen molar-refractivity contribution in [2.45, 2.75) is 45.1 Å². The minimum Gasteiger partial charge on any atom is -0.478 e. The van der Waals surface area contributed by atoms with Gasteiger partial charge in [0.05, 0.1) is 5.57 Å². The molecule has 0 bridgehead atoms. The number of benzene rings is 1. The van der Waals surface area contributed by atoms with Gasteiger partial charge >= 0.3 is 0 Å². The van der Waals surface area contributed by atoms with Crippen molar-refractivity contribution in [3.05, 3.63) is 65.6 Å². The third kappa shape index (κ3) is 2.65. The number of nitrogens with zero attached hydrogens (tertiary/aromatic N) is 3. The minimum atomic E-state index is -0.724. The summed E-state index contributed by atoms with van der Waals surface area (Å²) in [5, 5.41) is 4.24. The van der Waals surface area contributed by atoms with Gasteiger partial charge in [-0.1, -0.05) is 36.8 Å². The predicted molar refractivity (Wildman–Crippen MR) is 107 cm³/mol. The Morgan fingerprint density at radius 2 is 1.96 bits per heavy atom. The molecule has 5 nitrogen and oxygen atoms in total. The van der Waals surface area contributed by atoms with Crippen molar-refractivity contribution in [3.63, 3.8) is 0 Å². The fraction of sp³-hybridized carbons (Fsp3) is 0.348. The highest BCUT2D eigenvalue weighted by atomic mass is 16.5. The number of carbonyl (C=O) groups excluding carboxylic acids is 1. The highest BCUT2D eigenvalue weighted by molar-refractivity contribution is 6.33. The molecule has 142 valence electrons. The summed E-state index contributed by atoms with van der Waals surface area (Å²) in [6, 6.07) is 12.0. The van der Waals surface area contributed by atoms with Crippen LogP contribution in [0.15, 0.2) is 48.9 Å². The number of ketones is 1. The van der Waals surface area contributed by atoms with Crippen molar-refractivity contribution in [2.24, 2.45) is 5.92 Å². The summed E-state index contributed by atoms with van der Waals surface area (Å²) in [4.78, 5) is 17.9. The van der Waals surface area contributed by atoms with Crippen LogP contribution in [0.5, 0.6) is 0 Å². The van der Waals surface area contributed by atoms with Gasteiger partial charge in [0.2, 0.25) is 5.78 Å². The standard InChI is InChI=1S/C23H23N3O2/c1-15-8-10-23(11-9-15)22(27)20(17-5-3-4-16(2)12-17)21(28-23)18-6-7-19-24-14-25-26(19)13-18/h3-7,12-15H,8-11H2,1-2H3. The van der Waals surface area contributed by atoms with E-state index >= 15 is 0 Å². The van der Waals surface area contributed by atoms with Gasteiger partial charge in [0.15, 0.2) is 11.2 Å². The van der Waals surface area contributed by atoms with Gasteiger partial charge in [-0.25, -0.2) is 9.50 Å². The topological polar surface area (TPSA) is 56.5 Å². The second-order valence-electron chi connectivity index (χ2n) is 8.16. The molecule has 0 N–H and O–H groups in total. The molecule has 3 aromatic rings. The number of fused-ring (bicyclic) bond motifs is 1. The molecule has 5 rings (SSSR count). The number of hydrogen-bond donors (Lipinski definition) is 0. The molecule has 0 radical (unpaired) electrons. The van der Waals surface area contributed by atoms with E-state index in [0.29, 0.717) is 17.3 Å².